The van der Waals surface area contributed by atoms with Gasteiger partial charge in [-0.05, 0) is 42.2 Å². The molecule has 180 valence electrons. The Balaban J connectivity index is 1.76. The van der Waals surface area contributed by atoms with Gasteiger partial charge in [-0.2, -0.15) is 0 Å². The third-order valence-electron chi connectivity index (χ3n) is 5.73. The Morgan fingerprint density at radius 2 is 1.66 bits per heavy atom. The Kier molecular flexibility index (Phi) is 7.50. The van der Waals surface area contributed by atoms with Crippen LogP contribution in [0.25, 0.3) is 11.0 Å². The molecule has 1 heterocycles. The third kappa shape index (κ3) is 5.54. The highest BCUT2D eigenvalue weighted by Gasteiger charge is 2.34. The van der Waals surface area contributed by atoms with E-state index in [1.165, 1.54) is 21.7 Å². The molecule has 1 N–H and O–H groups in total. The van der Waals surface area contributed by atoms with Crippen molar-refractivity contribution in [2.24, 2.45) is 5.92 Å². The van der Waals surface area contributed by atoms with Crippen molar-refractivity contribution in [1.29, 1.82) is 0 Å². The molecule has 0 fully saturated rings. The molecule has 1 aromatic heterocycles. The van der Waals surface area contributed by atoms with Gasteiger partial charge < -0.3 is 5.32 Å². The minimum atomic E-state index is -1.07. The highest BCUT2D eigenvalue weighted by atomic mass is 19.1. The molecular weight excluding hydrogens is 445 g/mol. The Hall–Kier alpha value is -4.07. The number of carbonyl (C=O) groups is 2. The number of fused-ring (bicyclic) bond motifs is 1. The molecule has 0 saturated carbocycles. The topological polar surface area (TPSA) is 80.1 Å². The lowest BCUT2D eigenvalue weighted by atomic mass is 10.0. The number of hydrogen-bond donors (Lipinski definition) is 1. The molecule has 4 aromatic rings. The lowest BCUT2D eigenvalue weighted by molar-refractivity contribution is -0.127. The van der Waals surface area contributed by atoms with E-state index in [1.54, 1.807) is 42.5 Å². The van der Waals surface area contributed by atoms with Gasteiger partial charge >= 0.3 is 0 Å². The van der Waals surface area contributed by atoms with Gasteiger partial charge in [0, 0.05) is 6.54 Å². The summed E-state index contributed by atoms with van der Waals surface area (Å²) in [4.78, 5) is 28.5. The molecule has 0 aliphatic carbocycles. The van der Waals surface area contributed by atoms with Crippen molar-refractivity contribution < 1.29 is 14.0 Å². The number of aromatic nitrogens is 3. The van der Waals surface area contributed by atoms with Crippen molar-refractivity contribution in [2.45, 2.75) is 32.9 Å². The molecule has 0 aliphatic rings. The zero-order valence-corrected chi connectivity index (χ0v) is 19.8. The second kappa shape index (κ2) is 10.9. The summed E-state index contributed by atoms with van der Waals surface area (Å²) in [5, 5.41) is 11.1. The minimum Gasteiger partial charge on any atom is -0.354 e. The van der Waals surface area contributed by atoms with Crippen LogP contribution < -0.4 is 10.2 Å². The van der Waals surface area contributed by atoms with E-state index in [4.69, 9.17) is 0 Å². The maximum absolute atomic E-state index is 15.1. The molecule has 7 nitrogen and oxygen atoms in total. The summed E-state index contributed by atoms with van der Waals surface area (Å²) in [7, 11) is 0. The van der Waals surface area contributed by atoms with Crippen LogP contribution >= 0.6 is 0 Å². The zero-order chi connectivity index (χ0) is 24.8. The number of hydrogen-bond acceptors (Lipinski definition) is 4. The van der Waals surface area contributed by atoms with Crippen LogP contribution in [0.4, 0.5) is 10.1 Å². The fourth-order valence-electron chi connectivity index (χ4n) is 3.94. The fraction of sp³-hybridized carbons (Fsp3) is 0.259. The molecule has 0 bridgehead atoms. The molecule has 8 heteroatoms. The number of halogens is 1. The molecule has 1 atom stereocenters. The predicted octanol–water partition coefficient (Wildman–Crippen LogP) is 4.51. The Labute approximate surface area is 203 Å². The van der Waals surface area contributed by atoms with E-state index in [-0.39, 0.29) is 18.1 Å². The van der Waals surface area contributed by atoms with E-state index < -0.39 is 17.8 Å². The summed E-state index contributed by atoms with van der Waals surface area (Å²) in [6.45, 7) is 4.38. The lowest BCUT2D eigenvalue weighted by Crippen LogP contribution is -2.46. The van der Waals surface area contributed by atoms with Gasteiger partial charge in [0.1, 0.15) is 23.9 Å². The first kappa shape index (κ1) is 24.1. The predicted molar refractivity (Wildman–Crippen MR) is 133 cm³/mol. The zero-order valence-electron chi connectivity index (χ0n) is 19.8. The van der Waals surface area contributed by atoms with Crippen molar-refractivity contribution in [2.75, 3.05) is 11.4 Å². The normalized spacial score (nSPS) is 12.0. The number of amides is 2. The summed E-state index contributed by atoms with van der Waals surface area (Å²) in [5.41, 5.74) is 1.92. The van der Waals surface area contributed by atoms with Crippen molar-refractivity contribution in [3.05, 3.63) is 90.2 Å². The van der Waals surface area contributed by atoms with Crippen LogP contribution in [0.1, 0.15) is 31.9 Å². The van der Waals surface area contributed by atoms with Crippen molar-refractivity contribution in [3.63, 3.8) is 0 Å². The van der Waals surface area contributed by atoms with E-state index in [0.29, 0.717) is 29.1 Å². The summed E-state index contributed by atoms with van der Waals surface area (Å²) in [6, 6.07) is 21.1. The minimum absolute atomic E-state index is 0.0229. The van der Waals surface area contributed by atoms with Crippen LogP contribution in [0.2, 0.25) is 0 Å². The molecule has 0 saturated heterocycles. The molecule has 0 radical (unpaired) electrons. The molecule has 0 unspecified atom stereocenters. The van der Waals surface area contributed by atoms with E-state index in [2.05, 4.69) is 29.5 Å². The molecule has 3 aromatic carbocycles. The first-order valence-electron chi connectivity index (χ1n) is 11.6. The third-order valence-corrected chi connectivity index (χ3v) is 5.73. The highest BCUT2D eigenvalue weighted by Crippen LogP contribution is 2.30. The van der Waals surface area contributed by atoms with Gasteiger partial charge in [0.05, 0.1) is 11.2 Å². The van der Waals surface area contributed by atoms with Crippen molar-refractivity contribution >= 4 is 28.5 Å². The largest absolute Gasteiger partial charge is 0.354 e. The van der Waals surface area contributed by atoms with Crippen LogP contribution in [0.5, 0.6) is 0 Å². The summed E-state index contributed by atoms with van der Waals surface area (Å²) in [6.07, 6.45) is 0.784. The fourth-order valence-corrected chi connectivity index (χ4v) is 3.94. The molecule has 2 amide bonds. The first-order valence-corrected chi connectivity index (χ1v) is 11.6. The number of nitrogens with zero attached hydrogens (tertiary/aromatic N) is 4. The Morgan fingerprint density at radius 3 is 2.40 bits per heavy atom. The quantitative estimate of drug-likeness (QED) is 0.388. The number of para-hydroxylation sites is 2. The van der Waals surface area contributed by atoms with Gasteiger partial charge in [-0.25, -0.2) is 9.07 Å². The van der Waals surface area contributed by atoms with Crippen LogP contribution in [-0.4, -0.2) is 33.4 Å². The molecule has 0 aliphatic heterocycles. The number of carbonyl (C=O) groups excluding carboxylic acids is 2. The maximum atomic E-state index is 15.1. The van der Waals surface area contributed by atoms with Crippen LogP contribution in [0.3, 0.4) is 0 Å². The second-order valence-corrected chi connectivity index (χ2v) is 8.74. The molecule has 4 rings (SSSR count). The van der Waals surface area contributed by atoms with Crippen molar-refractivity contribution in [1.82, 2.24) is 20.3 Å². The average molecular weight is 474 g/mol. The van der Waals surface area contributed by atoms with E-state index in [1.807, 2.05) is 24.3 Å². The second-order valence-electron chi connectivity index (χ2n) is 8.74. The standard InChI is InChI=1S/C27H28FN5O2/c1-19(2)16-17-29-27(35)26(20-10-4-3-5-11-20)33(23-14-8-6-12-21(23)28)25(34)18-32-24-15-9-7-13-22(24)30-31-32/h3-15,19,26H,16-18H2,1-2H3,(H,29,35)/t26-/m1/s1. The lowest BCUT2D eigenvalue weighted by Gasteiger charge is -2.32. The smallest absolute Gasteiger partial charge is 0.249 e. The van der Waals surface area contributed by atoms with Crippen molar-refractivity contribution in [3.8, 4) is 0 Å². The van der Waals surface area contributed by atoms with Crippen LogP contribution in [0.15, 0.2) is 78.9 Å². The average Bonchev–Trinajstić information content (AvgIpc) is 3.26. The van der Waals surface area contributed by atoms with E-state index in [9.17, 15) is 9.59 Å². The van der Waals surface area contributed by atoms with Gasteiger partial charge in [0.25, 0.3) is 0 Å². The Bertz CT molecular complexity index is 1310. The van der Waals surface area contributed by atoms with Crippen LogP contribution in [-0.2, 0) is 16.1 Å². The first-order chi connectivity index (χ1) is 17.0. The monoisotopic (exact) mass is 473 g/mol. The van der Waals surface area contributed by atoms with Gasteiger partial charge in [0.2, 0.25) is 11.8 Å². The SMILES string of the molecule is CC(C)CCNC(=O)[C@@H](c1ccccc1)N(C(=O)Cn1nnc2ccccc21)c1ccccc1F. The molecule has 35 heavy (non-hydrogen) atoms. The summed E-state index contributed by atoms with van der Waals surface area (Å²) in [5.74, 6) is -1.06. The number of nitrogens with one attached hydrogen (secondary N) is 1. The molecule has 0 spiro atoms. The molecular formula is C27H28FN5O2. The Morgan fingerprint density at radius 1 is 0.971 bits per heavy atom. The maximum Gasteiger partial charge on any atom is 0.249 e. The van der Waals surface area contributed by atoms with Gasteiger partial charge in [-0.3, -0.25) is 14.5 Å². The van der Waals surface area contributed by atoms with Gasteiger partial charge in [-0.15, -0.1) is 5.10 Å². The van der Waals surface area contributed by atoms with Crippen LogP contribution in [0, 0.1) is 11.7 Å². The van der Waals surface area contributed by atoms with E-state index >= 15 is 4.39 Å². The van der Waals surface area contributed by atoms with E-state index in [0.717, 1.165) is 6.42 Å². The summed E-state index contributed by atoms with van der Waals surface area (Å²) < 4.78 is 16.5. The van der Waals surface area contributed by atoms with Gasteiger partial charge in [-0.1, -0.05) is 73.7 Å². The highest BCUT2D eigenvalue weighted by molar-refractivity contribution is 6.01. The summed E-state index contributed by atoms with van der Waals surface area (Å²) >= 11 is 0. The number of rotatable bonds is 9. The number of benzene rings is 3. The number of anilines is 1. The van der Waals surface area contributed by atoms with Gasteiger partial charge in [0.15, 0.2) is 0 Å².